The fourth-order valence-electron chi connectivity index (χ4n) is 3.71. The van der Waals surface area contributed by atoms with Crippen LogP contribution in [-0.4, -0.2) is 54.1 Å². The van der Waals surface area contributed by atoms with Gasteiger partial charge >= 0.3 is 0 Å². The molecule has 172 valence electrons. The van der Waals surface area contributed by atoms with Gasteiger partial charge in [-0.2, -0.15) is 0 Å². The summed E-state index contributed by atoms with van der Waals surface area (Å²) in [4.78, 5) is 22.6. The van der Waals surface area contributed by atoms with Crippen LogP contribution in [-0.2, 0) is 4.79 Å². The van der Waals surface area contributed by atoms with Gasteiger partial charge in [0.05, 0.1) is 37.4 Å². The molecule has 1 aromatic heterocycles. The van der Waals surface area contributed by atoms with Crippen molar-refractivity contribution in [2.24, 2.45) is 5.92 Å². The number of alkyl halides is 2. The number of likely N-dealkylation sites (N-methyl/N-ethyl adjacent to an activating group) is 1. The Morgan fingerprint density at radius 2 is 1.94 bits per heavy atom. The summed E-state index contributed by atoms with van der Waals surface area (Å²) in [6, 6.07) is 7.61. The molecule has 1 N–H and O–H groups in total. The van der Waals surface area contributed by atoms with Crippen LogP contribution in [0.3, 0.4) is 0 Å². The predicted octanol–water partition coefficient (Wildman–Crippen LogP) is 3.41. The monoisotopic (exact) mass is 446 g/mol. The zero-order valence-corrected chi connectivity index (χ0v) is 18.3. The van der Waals surface area contributed by atoms with Gasteiger partial charge in [0.2, 0.25) is 11.9 Å². The molecule has 2 aliphatic rings. The molecule has 2 fully saturated rings. The maximum absolute atomic E-state index is 12.9. The number of halogens is 2. The minimum Gasteiger partial charge on any atom is -0.490 e. The first-order valence-corrected chi connectivity index (χ1v) is 11.0. The first kappa shape index (κ1) is 22.2. The molecule has 1 saturated heterocycles. The summed E-state index contributed by atoms with van der Waals surface area (Å²) < 4.78 is 37.3. The number of aromatic nitrogens is 2. The third kappa shape index (κ3) is 5.26. The molecule has 4 rings (SSSR count). The molecule has 0 bridgehead atoms. The third-order valence-electron chi connectivity index (χ3n) is 5.88. The largest absolute Gasteiger partial charge is 0.490 e. The van der Waals surface area contributed by atoms with Gasteiger partial charge in [0.1, 0.15) is 11.9 Å². The summed E-state index contributed by atoms with van der Waals surface area (Å²) in [7, 11) is 0. The first-order valence-electron chi connectivity index (χ1n) is 11.0. The van der Waals surface area contributed by atoms with Crippen LogP contribution in [0.25, 0.3) is 0 Å². The number of anilines is 1. The van der Waals surface area contributed by atoms with Crippen molar-refractivity contribution < 1.29 is 23.0 Å². The van der Waals surface area contributed by atoms with Crippen LogP contribution < -0.4 is 19.7 Å². The molecule has 0 radical (unpaired) electrons. The molecule has 1 aliphatic carbocycles. The quantitative estimate of drug-likeness (QED) is 0.636. The molecule has 1 amide bonds. The van der Waals surface area contributed by atoms with Gasteiger partial charge in [0.25, 0.3) is 5.92 Å². The number of amides is 1. The fraction of sp³-hybridized carbons (Fsp3) is 0.522. The van der Waals surface area contributed by atoms with Crippen LogP contribution >= 0.6 is 0 Å². The Morgan fingerprint density at radius 3 is 2.56 bits per heavy atom. The van der Waals surface area contributed by atoms with E-state index in [2.05, 4.69) is 15.3 Å². The highest BCUT2D eigenvalue weighted by Gasteiger charge is 2.57. The number of carbonyl (C=O) groups is 1. The van der Waals surface area contributed by atoms with Crippen molar-refractivity contribution in [3.63, 3.8) is 0 Å². The lowest BCUT2D eigenvalue weighted by Gasteiger charge is -2.18. The van der Waals surface area contributed by atoms with E-state index in [4.69, 9.17) is 9.47 Å². The van der Waals surface area contributed by atoms with Crippen molar-refractivity contribution in [1.29, 1.82) is 0 Å². The second kappa shape index (κ2) is 9.26. The molecule has 3 atom stereocenters. The van der Waals surface area contributed by atoms with E-state index in [0.29, 0.717) is 24.8 Å². The van der Waals surface area contributed by atoms with Crippen molar-refractivity contribution in [2.75, 3.05) is 31.1 Å². The van der Waals surface area contributed by atoms with Gasteiger partial charge in [-0.15, -0.1) is 0 Å². The Labute approximate surface area is 186 Å². The maximum Gasteiger partial charge on any atom is 0.255 e. The molecule has 1 aliphatic heterocycles. The van der Waals surface area contributed by atoms with Crippen LogP contribution in [0, 0.1) is 5.92 Å². The maximum atomic E-state index is 12.9. The number of hydrogen-bond donors (Lipinski definition) is 1. The third-order valence-corrected chi connectivity index (χ3v) is 5.88. The van der Waals surface area contributed by atoms with E-state index in [1.807, 2.05) is 43.0 Å². The molecule has 7 nitrogen and oxygen atoms in total. The summed E-state index contributed by atoms with van der Waals surface area (Å²) >= 11 is 0. The summed E-state index contributed by atoms with van der Waals surface area (Å²) in [6.07, 6.45) is 3.75. The molecular weight excluding hydrogens is 418 g/mol. The Hall–Kier alpha value is -2.97. The van der Waals surface area contributed by atoms with Gasteiger partial charge < -0.3 is 19.7 Å². The highest BCUT2D eigenvalue weighted by atomic mass is 19.3. The molecule has 9 heteroatoms. The van der Waals surface area contributed by atoms with Crippen molar-refractivity contribution in [3.05, 3.63) is 42.2 Å². The van der Waals surface area contributed by atoms with Gasteiger partial charge in [-0.05, 0) is 31.5 Å². The van der Waals surface area contributed by atoms with E-state index < -0.39 is 11.8 Å². The Morgan fingerprint density at radius 1 is 1.25 bits per heavy atom. The minimum atomic E-state index is -2.59. The van der Waals surface area contributed by atoms with Gasteiger partial charge in [-0.25, -0.2) is 18.7 Å². The van der Waals surface area contributed by atoms with E-state index >= 15 is 0 Å². The molecule has 0 spiro atoms. The number of hydrogen-bond acceptors (Lipinski definition) is 6. The second-order valence-corrected chi connectivity index (χ2v) is 8.35. The van der Waals surface area contributed by atoms with Crippen LogP contribution in [0.1, 0.15) is 38.2 Å². The smallest absolute Gasteiger partial charge is 0.255 e. The van der Waals surface area contributed by atoms with Gasteiger partial charge in [0, 0.05) is 25.9 Å². The normalized spacial score (nSPS) is 22.3. The number of nitrogens with one attached hydrogen (secondary N) is 1. The van der Waals surface area contributed by atoms with Gasteiger partial charge in [-0.1, -0.05) is 12.1 Å². The molecular formula is C23H28F2N4O3. The average Bonchev–Trinajstić information content (AvgIpc) is 3.16. The number of carbonyl (C=O) groups excluding carboxylic acids is 1. The van der Waals surface area contributed by atoms with E-state index in [-0.39, 0.29) is 31.0 Å². The van der Waals surface area contributed by atoms with E-state index in [1.165, 1.54) is 12.4 Å². The SMILES string of the molecule is CCNC(=O)C(C)c1ccc(OC2CCN(c3ncc(OCC4CC4(F)F)cn3)C2)cc1. The Balaban J connectivity index is 1.26. The van der Waals surface area contributed by atoms with Crippen molar-refractivity contribution >= 4 is 11.9 Å². The molecule has 1 aromatic carbocycles. The first-order chi connectivity index (χ1) is 15.4. The predicted molar refractivity (Wildman–Crippen MR) is 115 cm³/mol. The van der Waals surface area contributed by atoms with Gasteiger partial charge in [0.15, 0.2) is 5.75 Å². The van der Waals surface area contributed by atoms with E-state index in [0.717, 1.165) is 24.3 Å². The average molecular weight is 446 g/mol. The van der Waals surface area contributed by atoms with Crippen LogP contribution in [0.15, 0.2) is 36.7 Å². The fourth-order valence-corrected chi connectivity index (χ4v) is 3.71. The van der Waals surface area contributed by atoms with Crippen molar-refractivity contribution in [3.8, 4) is 11.5 Å². The lowest BCUT2D eigenvalue weighted by molar-refractivity contribution is -0.122. The molecule has 1 saturated carbocycles. The lowest BCUT2D eigenvalue weighted by Crippen LogP contribution is -2.27. The van der Waals surface area contributed by atoms with E-state index in [9.17, 15) is 13.6 Å². The second-order valence-electron chi connectivity index (χ2n) is 8.35. The van der Waals surface area contributed by atoms with Crippen molar-refractivity contribution in [1.82, 2.24) is 15.3 Å². The Kier molecular flexibility index (Phi) is 6.43. The topological polar surface area (TPSA) is 76.6 Å². The lowest BCUT2D eigenvalue weighted by atomic mass is 10.0. The highest BCUT2D eigenvalue weighted by Crippen LogP contribution is 2.48. The van der Waals surface area contributed by atoms with Crippen LogP contribution in [0.5, 0.6) is 11.5 Å². The highest BCUT2D eigenvalue weighted by molar-refractivity contribution is 5.83. The van der Waals surface area contributed by atoms with Crippen LogP contribution in [0.4, 0.5) is 14.7 Å². The number of rotatable bonds is 9. The molecule has 32 heavy (non-hydrogen) atoms. The van der Waals surface area contributed by atoms with Crippen molar-refractivity contribution in [2.45, 2.75) is 44.6 Å². The number of benzene rings is 1. The zero-order chi connectivity index (χ0) is 22.7. The minimum absolute atomic E-state index is 0.00159. The number of ether oxygens (including phenoxy) is 2. The summed E-state index contributed by atoms with van der Waals surface area (Å²) in [5.41, 5.74) is 0.942. The summed E-state index contributed by atoms with van der Waals surface area (Å²) in [5.74, 6) is -1.79. The van der Waals surface area contributed by atoms with Gasteiger partial charge in [-0.3, -0.25) is 4.79 Å². The summed E-state index contributed by atoms with van der Waals surface area (Å²) in [6.45, 7) is 5.78. The number of nitrogens with zero attached hydrogens (tertiary/aromatic N) is 3. The Bertz CT molecular complexity index is 924. The van der Waals surface area contributed by atoms with Crippen LogP contribution in [0.2, 0.25) is 0 Å². The molecule has 3 unspecified atom stereocenters. The standard InChI is InChI=1S/C23H28F2N4O3/c1-3-26-21(30)15(2)16-4-6-18(7-5-16)32-19-8-9-29(13-19)22-27-11-20(12-28-22)31-14-17-10-23(17,24)25/h4-7,11-12,15,17,19H,3,8-10,13-14H2,1-2H3,(H,26,30). The molecule has 2 aromatic rings. The molecule has 2 heterocycles. The summed E-state index contributed by atoms with van der Waals surface area (Å²) in [5, 5.41) is 2.83. The van der Waals surface area contributed by atoms with E-state index in [1.54, 1.807) is 0 Å². The zero-order valence-electron chi connectivity index (χ0n) is 18.3.